The number of aliphatic imine (C=N–C) groups is 1. The van der Waals surface area contributed by atoms with Crippen molar-refractivity contribution in [2.45, 2.75) is 69.7 Å². The van der Waals surface area contributed by atoms with Crippen molar-refractivity contribution >= 4 is 47.1 Å². The monoisotopic (exact) mass is 692 g/mol. The molecule has 0 saturated heterocycles. The number of halogens is 1. The van der Waals surface area contributed by atoms with Crippen LogP contribution in [0.25, 0.3) is 0 Å². The molecule has 1 aliphatic rings. The first-order valence-electron chi connectivity index (χ1n) is 15.7. The van der Waals surface area contributed by atoms with Crippen molar-refractivity contribution < 1.29 is 24.0 Å². The van der Waals surface area contributed by atoms with Crippen LogP contribution in [0.5, 0.6) is 0 Å². The highest BCUT2D eigenvalue weighted by molar-refractivity contribution is 6.30. The lowest BCUT2D eigenvalue weighted by molar-refractivity contribution is -0.144. The van der Waals surface area contributed by atoms with Gasteiger partial charge < -0.3 is 43.0 Å². The predicted octanol–water partition coefficient (Wildman–Crippen LogP) is -0.185. The van der Waals surface area contributed by atoms with Gasteiger partial charge in [-0.2, -0.15) is 0 Å². The number of benzene rings is 2. The third-order valence-electron chi connectivity index (χ3n) is 8.08. The lowest BCUT2D eigenvalue weighted by Crippen LogP contribution is -2.60. The Labute approximate surface area is 288 Å². The minimum absolute atomic E-state index is 0.0500. The van der Waals surface area contributed by atoms with Crippen molar-refractivity contribution in [3.05, 3.63) is 88.5 Å². The zero-order valence-electron chi connectivity index (χ0n) is 27.0. The van der Waals surface area contributed by atoms with Crippen molar-refractivity contribution in [3.8, 4) is 0 Å². The molecule has 0 radical (unpaired) electrons. The van der Waals surface area contributed by atoms with E-state index in [1.807, 2.05) is 24.3 Å². The minimum atomic E-state index is -1.16. The molecule has 16 heteroatoms. The van der Waals surface area contributed by atoms with Crippen LogP contribution >= 0.6 is 11.6 Å². The maximum absolute atomic E-state index is 14.3. The molecular weight excluding hydrogens is 652 g/mol. The Morgan fingerprint density at radius 1 is 0.939 bits per heavy atom. The maximum atomic E-state index is 14.3. The van der Waals surface area contributed by atoms with Crippen LogP contribution in [0.3, 0.4) is 0 Å². The van der Waals surface area contributed by atoms with Gasteiger partial charge >= 0.3 is 0 Å². The summed E-state index contributed by atoms with van der Waals surface area (Å²) in [6.07, 6.45) is 3.71. The summed E-state index contributed by atoms with van der Waals surface area (Å²) in [7, 11) is 0. The van der Waals surface area contributed by atoms with Gasteiger partial charge in [0.15, 0.2) is 5.96 Å². The molecule has 1 aliphatic heterocycles. The van der Waals surface area contributed by atoms with Crippen LogP contribution in [0.4, 0.5) is 0 Å². The SMILES string of the molecule is CC(=O)N[C@@H](Cc1cnc[nH]1)C(=O)N[C@@H](CCCN=C(N)N)C(=O)N[C@H](Cc1ccc(Cl)cc1)C(=O)N1Cc2ccccc2C[C@@H]1C(N)=O. The van der Waals surface area contributed by atoms with Crippen LogP contribution in [0, 0.1) is 0 Å². The fraction of sp³-hybridized carbons (Fsp3) is 0.364. The standard InChI is InChI=1S/C33H41ClN10O5/c1-19(45)41-26(15-24-16-38-18-40-24)31(48)42-25(7-4-12-39-33(36)37)30(47)43-27(13-20-8-10-23(34)11-9-20)32(49)44-17-22-6-3-2-5-21(22)14-28(44)29(35)46/h2-3,5-6,8-11,16,18,25-28H,4,7,12-15,17H2,1H3,(H2,35,46)(H,38,40)(H,41,45)(H,42,48)(H,43,47)(H4,36,37,39)/t25-,26-,27+,28+/m0/s1. The summed E-state index contributed by atoms with van der Waals surface area (Å²) in [6.45, 7) is 1.56. The van der Waals surface area contributed by atoms with Gasteiger partial charge in [0.25, 0.3) is 0 Å². The van der Waals surface area contributed by atoms with Gasteiger partial charge in [-0.25, -0.2) is 4.98 Å². The molecule has 1 aromatic heterocycles. The molecule has 0 spiro atoms. The molecular formula is C33H41ClN10O5. The van der Waals surface area contributed by atoms with Gasteiger partial charge in [0, 0.05) is 56.2 Å². The van der Waals surface area contributed by atoms with E-state index in [-0.39, 0.29) is 44.7 Å². The largest absolute Gasteiger partial charge is 0.370 e. The number of nitrogens with two attached hydrogens (primary N) is 3. The highest BCUT2D eigenvalue weighted by Gasteiger charge is 2.38. The number of hydrogen-bond acceptors (Lipinski definition) is 7. The Kier molecular flexibility index (Phi) is 12.7. The number of nitrogens with one attached hydrogen (secondary N) is 4. The van der Waals surface area contributed by atoms with Crippen LogP contribution in [0.1, 0.15) is 42.1 Å². The molecule has 15 nitrogen and oxygen atoms in total. The van der Waals surface area contributed by atoms with E-state index in [0.717, 1.165) is 11.1 Å². The van der Waals surface area contributed by atoms with E-state index in [1.165, 1.54) is 24.3 Å². The van der Waals surface area contributed by atoms with Gasteiger partial charge in [-0.3, -0.25) is 29.0 Å². The number of guanidine groups is 1. The third-order valence-corrected chi connectivity index (χ3v) is 8.33. The molecule has 0 saturated carbocycles. The van der Waals surface area contributed by atoms with E-state index in [9.17, 15) is 24.0 Å². The molecule has 0 unspecified atom stereocenters. The fourth-order valence-electron chi connectivity index (χ4n) is 5.65. The average Bonchev–Trinajstić information content (AvgIpc) is 3.58. The molecule has 5 amide bonds. The molecule has 3 aromatic rings. The Balaban J connectivity index is 1.62. The molecule has 0 fully saturated rings. The molecule has 4 rings (SSSR count). The summed E-state index contributed by atoms with van der Waals surface area (Å²) in [5.74, 6) is -3.08. The van der Waals surface area contributed by atoms with Crippen LogP contribution in [0.2, 0.25) is 5.02 Å². The fourth-order valence-corrected chi connectivity index (χ4v) is 5.78. The van der Waals surface area contributed by atoms with Crippen molar-refractivity contribution in [2.75, 3.05) is 6.54 Å². The first kappa shape index (κ1) is 36.4. The second-order valence-electron chi connectivity index (χ2n) is 11.8. The number of hydrogen-bond donors (Lipinski definition) is 7. The normalized spacial score (nSPS) is 15.6. The number of primary amides is 1. The number of amides is 5. The van der Waals surface area contributed by atoms with E-state index in [1.54, 1.807) is 24.3 Å². The number of carbonyl (C=O) groups is 5. The van der Waals surface area contributed by atoms with E-state index in [2.05, 4.69) is 30.9 Å². The Hall–Kier alpha value is -5.44. The lowest BCUT2D eigenvalue weighted by atomic mass is 9.92. The van der Waals surface area contributed by atoms with E-state index < -0.39 is 53.7 Å². The zero-order chi connectivity index (χ0) is 35.5. The number of rotatable bonds is 15. The van der Waals surface area contributed by atoms with Gasteiger partial charge in [0.05, 0.1) is 6.33 Å². The number of aromatic nitrogens is 2. The van der Waals surface area contributed by atoms with Crippen LogP contribution in [-0.2, 0) is 49.8 Å². The van der Waals surface area contributed by atoms with E-state index in [0.29, 0.717) is 22.7 Å². The molecule has 0 bridgehead atoms. The summed E-state index contributed by atoms with van der Waals surface area (Å²) < 4.78 is 0. The van der Waals surface area contributed by atoms with Crippen molar-refractivity contribution in [1.29, 1.82) is 0 Å². The Bertz CT molecular complexity index is 1660. The Morgan fingerprint density at radius 3 is 2.24 bits per heavy atom. The number of fused-ring (bicyclic) bond motifs is 1. The van der Waals surface area contributed by atoms with E-state index in [4.69, 9.17) is 28.8 Å². The summed E-state index contributed by atoms with van der Waals surface area (Å²) >= 11 is 6.10. The second kappa shape index (κ2) is 17.1. The van der Waals surface area contributed by atoms with Crippen molar-refractivity contribution in [3.63, 3.8) is 0 Å². The minimum Gasteiger partial charge on any atom is -0.370 e. The number of carbonyl (C=O) groups excluding carboxylic acids is 5. The Morgan fingerprint density at radius 2 is 1.61 bits per heavy atom. The quantitative estimate of drug-likeness (QED) is 0.0638. The van der Waals surface area contributed by atoms with Gasteiger partial charge in [-0.05, 0) is 41.7 Å². The highest BCUT2D eigenvalue weighted by Crippen LogP contribution is 2.25. The van der Waals surface area contributed by atoms with Crippen LogP contribution < -0.4 is 33.2 Å². The molecule has 2 heterocycles. The summed E-state index contributed by atoms with van der Waals surface area (Å²) in [6, 6.07) is 9.94. The lowest BCUT2D eigenvalue weighted by Gasteiger charge is -2.37. The van der Waals surface area contributed by atoms with Gasteiger partial charge in [0.2, 0.25) is 29.5 Å². The number of imidazole rings is 1. The number of nitrogens with zero attached hydrogens (tertiary/aromatic N) is 3. The first-order chi connectivity index (χ1) is 23.4. The summed E-state index contributed by atoms with van der Waals surface area (Å²) in [5.41, 5.74) is 19.7. The van der Waals surface area contributed by atoms with Crippen LogP contribution in [-0.4, -0.2) is 81.1 Å². The van der Waals surface area contributed by atoms with Crippen molar-refractivity contribution in [2.24, 2.45) is 22.2 Å². The molecule has 2 aromatic carbocycles. The zero-order valence-corrected chi connectivity index (χ0v) is 27.8. The van der Waals surface area contributed by atoms with Crippen LogP contribution in [0.15, 0.2) is 66.0 Å². The van der Waals surface area contributed by atoms with Gasteiger partial charge in [-0.15, -0.1) is 0 Å². The summed E-state index contributed by atoms with van der Waals surface area (Å²) in [5, 5.41) is 8.65. The molecule has 10 N–H and O–H groups in total. The third kappa shape index (κ3) is 10.5. The summed E-state index contributed by atoms with van der Waals surface area (Å²) in [4.78, 5) is 78.7. The predicted molar refractivity (Wildman–Crippen MR) is 183 cm³/mol. The van der Waals surface area contributed by atoms with E-state index >= 15 is 0 Å². The molecule has 0 aliphatic carbocycles. The van der Waals surface area contributed by atoms with Gasteiger partial charge in [0.1, 0.15) is 24.2 Å². The smallest absolute Gasteiger partial charge is 0.246 e. The topological polar surface area (TPSA) is 244 Å². The second-order valence-corrected chi connectivity index (χ2v) is 12.2. The highest BCUT2D eigenvalue weighted by atomic mass is 35.5. The molecule has 260 valence electrons. The van der Waals surface area contributed by atoms with Gasteiger partial charge in [-0.1, -0.05) is 48.0 Å². The maximum Gasteiger partial charge on any atom is 0.246 e. The number of aromatic amines is 1. The molecule has 49 heavy (non-hydrogen) atoms. The molecule has 4 atom stereocenters. The average molecular weight is 693 g/mol. The van der Waals surface area contributed by atoms with Crippen molar-refractivity contribution in [1.82, 2.24) is 30.8 Å². The number of H-pyrrole nitrogens is 1. The first-order valence-corrected chi connectivity index (χ1v) is 16.1.